The van der Waals surface area contributed by atoms with Crippen LogP contribution in [0.15, 0.2) is 90.2 Å². The zero-order valence-electron chi connectivity index (χ0n) is 17.2. The predicted molar refractivity (Wildman–Crippen MR) is 123 cm³/mol. The maximum atomic E-state index is 13.9. The number of thiophene rings is 1. The van der Waals surface area contributed by atoms with Crippen LogP contribution in [-0.2, 0) is 10.2 Å². The van der Waals surface area contributed by atoms with Gasteiger partial charge < -0.3 is 5.11 Å². The van der Waals surface area contributed by atoms with Crippen molar-refractivity contribution < 1.29 is 14.3 Å². The van der Waals surface area contributed by atoms with E-state index < -0.39 is 11.3 Å². The van der Waals surface area contributed by atoms with Gasteiger partial charge in [-0.25, -0.2) is 4.39 Å². The van der Waals surface area contributed by atoms with Crippen LogP contribution < -0.4 is 0 Å². The van der Waals surface area contributed by atoms with E-state index in [1.54, 1.807) is 24.3 Å². The molecule has 0 bridgehead atoms. The summed E-state index contributed by atoms with van der Waals surface area (Å²) in [7, 11) is 0. The van der Waals surface area contributed by atoms with E-state index in [9.17, 15) is 14.3 Å². The Bertz CT molecular complexity index is 1340. The molecule has 154 valence electrons. The molecule has 2 unspecified atom stereocenters. The van der Waals surface area contributed by atoms with Crippen molar-refractivity contribution in [2.24, 2.45) is 0 Å². The highest BCUT2D eigenvalue weighted by molar-refractivity contribution is 7.19. The Hall–Kier alpha value is -3.24. The van der Waals surface area contributed by atoms with Gasteiger partial charge in [-0.1, -0.05) is 60.7 Å². The molecule has 3 aromatic carbocycles. The fourth-order valence-corrected chi connectivity index (χ4v) is 5.91. The Labute approximate surface area is 184 Å². The van der Waals surface area contributed by atoms with Crippen LogP contribution in [0.2, 0.25) is 0 Å². The van der Waals surface area contributed by atoms with Gasteiger partial charge in [0.05, 0.1) is 5.92 Å². The summed E-state index contributed by atoms with van der Waals surface area (Å²) in [4.78, 5) is 14.5. The first-order chi connectivity index (χ1) is 14.9. The minimum Gasteiger partial charge on any atom is -0.510 e. The van der Waals surface area contributed by atoms with Crippen LogP contribution in [0.4, 0.5) is 4.39 Å². The van der Waals surface area contributed by atoms with Crippen molar-refractivity contribution >= 4 is 27.2 Å². The van der Waals surface area contributed by atoms with Crippen molar-refractivity contribution in [3.63, 3.8) is 0 Å². The van der Waals surface area contributed by atoms with Gasteiger partial charge in [-0.3, -0.25) is 4.79 Å². The number of benzene rings is 3. The molecule has 1 aliphatic carbocycles. The number of aliphatic hydroxyl groups excluding tert-OH is 1. The van der Waals surface area contributed by atoms with Crippen molar-refractivity contribution in [1.82, 2.24) is 0 Å². The third kappa shape index (κ3) is 2.86. The largest absolute Gasteiger partial charge is 0.510 e. The van der Waals surface area contributed by atoms with Crippen LogP contribution in [-0.4, -0.2) is 10.9 Å². The summed E-state index contributed by atoms with van der Waals surface area (Å²) in [5.41, 5.74) is 2.04. The monoisotopic (exact) mass is 428 g/mol. The molecule has 1 N–H and O–H groups in total. The average Bonchev–Trinajstić information content (AvgIpc) is 3.13. The maximum absolute atomic E-state index is 13.9. The molecular formula is C27H21FO2S. The number of aliphatic hydroxyl groups is 1. The van der Waals surface area contributed by atoms with Crippen molar-refractivity contribution in [1.29, 1.82) is 0 Å². The molecule has 1 aromatic heterocycles. The van der Waals surface area contributed by atoms with E-state index in [-0.39, 0.29) is 17.4 Å². The van der Waals surface area contributed by atoms with Crippen LogP contribution in [0.25, 0.3) is 10.1 Å². The van der Waals surface area contributed by atoms with Crippen LogP contribution in [0.1, 0.15) is 34.4 Å². The predicted octanol–water partition coefficient (Wildman–Crippen LogP) is 6.83. The van der Waals surface area contributed by atoms with E-state index in [4.69, 9.17) is 0 Å². The minimum absolute atomic E-state index is 0.0758. The van der Waals surface area contributed by atoms with E-state index in [2.05, 4.69) is 0 Å². The summed E-state index contributed by atoms with van der Waals surface area (Å²) in [5.74, 6) is -0.644. The lowest BCUT2D eigenvalue weighted by molar-refractivity contribution is -0.123. The summed E-state index contributed by atoms with van der Waals surface area (Å²) in [6.07, 6.45) is 0. The highest BCUT2D eigenvalue weighted by Gasteiger charge is 2.54. The zero-order chi connectivity index (χ0) is 21.8. The standard InChI is InChI=1S/C27H21FO2S/c1-16-20-15-19(28)13-14-21(20)31-24(16)22(17-9-5-3-6-10-17)23-25(29)27(2,26(23)30)18-11-7-4-8-12-18/h3-15,22,29H,1-2H3. The van der Waals surface area contributed by atoms with E-state index in [1.165, 1.54) is 12.1 Å². The number of rotatable bonds is 4. The number of hydrogen-bond acceptors (Lipinski definition) is 3. The van der Waals surface area contributed by atoms with Crippen molar-refractivity contribution in [2.75, 3.05) is 0 Å². The normalized spacial score (nSPS) is 19.5. The molecule has 31 heavy (non-hydrogen) atoms. The van der Waals surface area contributed by atoms with E-state index in [1.807, 2.05) is 67.6 Å². The highest BCUT2D eigenvalue weighted by Crippen LogP contribution is 2.52. The molecule has 0 radical (unpaired) electrons. The molecule has 1 aliphatic rings. The molecule has 5 rings (SSSR count). The van der Waals surface area contributed by atoms with Crippen LogP contribution in [0.5, 0.6) is 0 Å². The van der Waals surface area contributed by atoms with Gasteiger partial charge in [0, 0.05) is 15.2 Å². The first kappa shape index (κ1) is 19.7. The average molecular weight is 429 g/mol. The second-order valence-corrected chi connectivity index (χ2v) is 9.24. The third-order valence-electron chi connectivity index (χ3n) is 6.40. The first-order valence-electron chi connectivity index (χ1n) is 10.2. The molecule has 0 saturated heterocycles. The lowest BCUT2D eigenvalue weighted by atomic mass is 9.60. The Balaban J connectivity index is 1.73. The number of Topliss-reactive ketones (excluding diaryl/α,β-unsaturated/α-hetero) is 1. The number of carbonyl (C=O) groups is 1. The first-order valence-corrected chi connectivity index (χ1v) is 11.0. The van der Waals surface area contributed by atoms with Gasteiger partial charge in [-0.05, 0) is 54.1 Å². The Morgan fingerprint density at radius 3 is 2.26 bits per heavy atom. The number of hydrogen-bond donors (Lipinski definition) is 1. The Morgan fingerprint density at radius 2 is 1.61 bits per heavy atom. The zero-order valence-corrected chi connectivity index (χ0v) is 18.0. The van der Waals surface area contributed by atoms with E-state index in [0.717, 1.165) is 31.7 Å². The van der Waals surface area contributed by atoms with E-state index >= 15 is 0 Å². The molecule has 2 nitrogen and oxygen atoms in total. The second kappa shape index (κ2) is 7.17. The Morgan fingerprint density at radius 1 is 0.968 bits per heavy atom. The second-order valence-electron chi connectivity index (χ2n) is 8.16. The van der Waals surface area contributed by atoms with Crippen LogP contribution in [0, 0.1) is 12.7 Å². The third-order valence-corrected chi connectivity index (χ3v) is 7.74. The quantitative estimate of drug-likeness (QED) is 0.387. The Kier molecular flexibility index (Phi) is 4.56. The fourth-order valence-electron chi connectivity index (χ4n) is 4.58. The highest BCUT2D eigenvalue weighted by atomic mass is 32.1. The fraction of sp³-hybridized carbons (Fsp3) is 0.148. The van der Waals surface area contributed by atoms with Gasteiger partial charge in [-0.2, -0.15) is 0 Å². The van der Waals surface area contributed by atoms with Crippen molar-refractivity contribution in [3.8, 4) is 0 Å². The van der Waals surface area contributed by atoms with Crippen LogP contribution >= 0.6 is 11.3 Å². The summed E-state index contributed by atoms with van der Waals surface area (Å²) in [5, 5.41) is 12.1. The summed E-state index contributed by atoms with van der Waals surface area (Å²) < 4.78 is 14.9. The van der Waals surface area contributed by atoms with Crippen molar-refractivity contribution in [3.05, 3.63) is 118 Å². The van der Waals surface area contributed by atoms with Crippen LogP contribution in [0.3, 0.4) is 0 Å². The van der Waals surface area contributed by atoms with Gasteiger partial charge in [-0.15, -0.1) is 11.3 Å². The number of allylic oxidation sites excluding steroid dienone is 2. The molecular weight excluding hydrogens is 407 g/mol. The number of carbonyl (C=O) groups excluding carboxylic acids is 1. The molecule has 1 heterocycles. The van der Waals surface area contributed by atoms with Gasteiger partial charge in [0.2, 0.25) is 0 Å². The smallest absolute Gasteiger partial charge is 0.181 e. The number of fused-ring (bicyclic) bond motifs is 1. The molecule has 2 atom stereocenters. The summed E-state index contributed by atoms with van der Waals surface area (Å²) in [6.45, 7) is 3.74. The number of ketones is 1. The topological polar surface area (TPSA) is 37.3 Å². The summed E-state index contributed by atoms with van der Waals surface area (Å²) in [6, 6.07) is 23.9. The summed E-state index contributed by atoms with van der Waals surface area (Å²) >= 11 is 1.55. The lowest BCUT2D eigenvalue weighted by Gasteiger charge is -2.41. The van der Waals surface area contributed by atoms with Gasteiger partial charge >= 0.3 is 0 Å². The van der Waals surface area contributed by atoms with Crippen molar-refractivity contribution in [2.45, 2.75) is 25.2 Å². The van der Waals surface area contributed by atoms with Gasteiger partial charge in [0.1, 0.15) is 17.0 Å². The minimum atomic E-state index is -1.04. The number of aryl methyl sites for hydroxylation is 1. The van der Waals surface area contributed by atoms with Gasteiger partial charge in [0.15, 0.2) is 5.78 Å². The molecule has 0 aliphatic heterocycles. The molecule has 4 heteroatoms. The molecule has 0 amide bonds. The van der Waals surface area contributed by atoms with Gasteiger partial charge in [0.25, 0.3) is 0 Å². The molecule has 0 fully saturated rings. The lowest BCUT2D eigenvalue weighted by Crippen LogP contribution is -2.47. The maximum Gasteiger partial charge on any atom is 0.181 e. The SMILES string of the molecule is Cc1c(C(C2=C(O)C(C)(c3ccccc3)C2=O)c2ccccc2)sc2ccc(F)cc12. The van der Waals surface area contributed by atoms with E-state index in [0.29, 0.717) is 5.57 Å². The molecule has 0 saturated carbocycles. The molecule has 4 aromatic rings. The molecule has 0 spiro atoms. The number of halogens is 1.